The highest BCUT2D eigenvalue weighted by molar-refractivity contribution is 5.87. The van der Waals surface area contributed by atoms with Gasteiger partial charge in [-0.15, -0.1) is 0 Å². The zero-order valence-electron chi connectivity index (χ0n) is 44.6. The number of benzene rings is 6. The van der Waals surface area contributed by atoms with E-state index in [1.165, 1.54) is 29.3 Å². The Labute approximate surface area is 449 Å². The Morgan fingerprint density at radius 3 is 1.29 bits per heavy atom. The van der Waals surface area contributed by atoms with Crippen LogP contribution in [0.15, 0.2) is 163 Å². The molecule has 17 heteroatoms. The van der Waals surface area contributed by atoms with E-state index in [4.69, 9.17) is 24.1 Å². The molecule has 4 amide bonds. The summed E-state index contributed by atoms with van der Waals surface area (Å²) in [5, 5.41) is 29.9. The normalized spacial score (nSPS) is 13.1. The lowest BCUT2D eigenvalue weighted by Gasteiger charge is -2.25. The highest BCUT2D eigenvalue weighted by atomic mass is 16.6. The molecule has 0 spiro atoms. The summed E-state index contributed by atoms with van der Waals surface area (Å²) in [6, 6.07) is 49.0. The number of carbonyl (C=O) groups excluding carboxylic acids is 4. The highest BCUT2D eigenvalue weighted by Crippen LogP contribution is 2.45. The van der Waals surface area contributed by atoms with E-state index < -0.39 is 59.5 Å². The summed E-state index contributed by atoms with van der Waals surface area (Å²) in [6.07, 6.45) is -2.32. The zero-order valence-corrected chi connectivity index (χ0v) is 44.6. The van der Waals surface area contributed by atoms with Crippen molar-refractivity contribution in [2.24, 2.45) is 5.10 Å². The van der Waals surface area contributed by atoms with Crippen molar-refractivity contribution < 1.29 is 53.1 Å². The Bertz CT molecular complexity index is 2900. The van der Waals surface area contributed by atoms with Crippen molar-refractivity contribution in [2.75, 3.05) is 27.3 Å². The van der Waals surface area contributed by atoms with E-state index in [1.54, 1.807) is 48.6 Å². The number of rotatable bonds is 13. The van der Waals surface area contributed by atoms with Crippen molar-refractivity contribution in [1.82, 2.24) is 26.5 Å². The van der Waals surface area contributed by atoms with Gasteiger partial charge in [0.1, 0.15) is 29.9 Å². The Morgan fingerprint density at radius 2 is 0.909 bits per heavy atom. The fourth-order valence-corrected chi connectivity index (χ4v) is 8.71. The summed E-state index contributed by atoms with van der Waals surface area (Å²) < 4.78 is 21.2. The molecule has 6 aromatic rings. The van der Waals surface area contributed by atoms with Gasteiger partial charge in [-0.2, -0.15) is 5.10 Å². The second kappa shape index (κ2) is 26.6. The Balaban J connectivity index is 0.000000207. The maximum Gasteiger partial charge on any atom is 0.428 e. The van der Waals surface area contributed by atoms with Gasteiger partial charge in [0.2, 0.25) is 0 Å². The Hall–Kier alpha value is -8.86. The van der Waals surface area contributed by atoms with Crippen LogP contribution in [0, 0.1) is 0 Å². The van der Waals surface area contributed by atoms with Gasteiger partial charge in [0.15, 0.2) is 6.08 Å². The van der Waals surface area contributed by atoms with E-state index in [9.17, 15) is 29.1 Å². The van der Waals surface area contributed by atoms with Crippen molar-refractivity contribution in [2.45, 2.75) is 89.5 Å². The molecule has 17 nitrogen and oxygen atoms in total. The van der Waals surface area contributed by atoms with Gasteiger partial charge in [-0.25, -0.2) is 24.2 Å². The molecular formula is C60H67N6O11-. The minimum atomic E-state index is -1.09. The van der Waals surface area contributed by atoms with Gasteiger partial charge in [0.25, 0.3) is 5.91 Å². The summed E-state index contributed by atoms with van der Waals surface area (Å²) in [5.74, 6) is -1.68. The van der Waals surface area contributed by atoms with E-state index in [0.717, 1.165) is 38.4 Å². The molecular weight excluding hydrogens is 981 g/mol. The summed E-state index contributed by atoms with van der Waals surface area (Å²) in [4.78, 5) is 61.1. The number of hydrogen-bond acceptors (Lipinski definition) is 12. The van der Waals surface area contributed by atoms with Gasteiger partial charge in [0, 0.05) is 45.4 Å². The van der Waals surface area contributed by atoms with E-state index in [2.05, 4.69) is 63.0 Å². The van der Waals surface area contributed by atoms with Crippen molar-refractivity contribution in [3.63, 3.8) is 0 Å². The van der Waals surface area contributed by atoms with Crippen LogP contribution in [0.4, 0.5) is 14.4 Å². The maximum atomic E-state index is 13.1. The molecule has 2 aliphatic carbocycles. The van der Waals surface area contributed by atoms with Crippen LogP contribution in [-0.2, 0) is 41.4 Å². The highest BCUT2D eigenvalue weighted by Gasteiger charge is 2.32. The van der Waals surface area contributed by atoms with Crippen LogP contribution in [0.5, 0.6) is 0 Å². The molecule has 0 saturated heterocycles. The predicted octanol–water partition coefficient (Wildman–Crippen LogP) is 8.91. The van der Waals surface area contributed by atoms with E-state index in [0.29, 0.717) is 6.61 Å². The minimum Gasteiger partial charge on any atom is -0.598 e. The van der Waals surface area contributed by atoms with E-state index in [1.807, 2.05) is 121 Å². The molecule has 2 atom stereocenters. The number of fused-ring (bicyclic) bond motifs is 6. The number of nitrogens with zero attached hydrogens (tertiary/aromatic N) is 2. The maximum absolute atomic E-state index is 13.1. The average Bonchev–Trinajstić information content (AvgIpc) is 3.94. The lowest BCUT2D eigenvalue weighted by atomic mass is 9.98. The smallest absolute Gasteiger partial charge is 0.428 e. The summed E-state index contributed by atoms with van der Waals surface area (Å²) in [7, 11) is 2.98. The second-order valence-electron chi connectivity index (χ2n) is 20.1. The molecule has 0 heterocycles. The number of carboxylic acids is 1. The molecule has 6 aromatic carbocycles. The fraction of sp³-hybridized carbons (Fsp3) is 0.300. The Kier molecular flexibility index (Phi) is 19.8. The topological polar surface area (TPSA) is 229 Å². The van der Waals surface area contributed by atoms with Crippen LogP contribution >= 0.6 is 0 Å². The number of aliphatic carboxylic acids is 1. The SMILES string of the molecule is CC(C)(C)OC(=O)N[C@@H](Cc1ccccc1)C(=O)O.CN(NC(=O)[C@H](Cc1ccccc1)NC(=O)OC(C)(C)C)C(=O)OCC1c2ccccc2-c2ccccc21.CNN=C([O-])OCC1c2ccccc2-c2ccccc21. The molecule has 0 unspecified atom stereocenters. The van der Waals surface area contributed by atoms with E-state index >= 15 is 0 Å². The first-order valence-corrected chi connectivity index (χ1v) is 25.1. The number of carbonyl (C=O) groups is 5. The van der Waals surface area contributed by atoms with Gasteiger partial charge < -0.3 is 45.2 Å². The monoisotopic (exact) mass is 1050 g/mol. The molecule has 77 heavy (non-hydrogen) atoms. The van der Waals surface area contributed by atoms with Gasteiger partial charge in [0.05, 0.1) is 0 Å². The van der Waals surface area contributed by atoms with Gasteiger partial charge in [-0.3, -0.25) is 10.2 Å². The van der Waals surface area contributed by atoms with E-state index in [-0.39, 0.29) is 31.3 Å². The lowest BCUT2D eigenvalue weighted by Crippen LogP contribution is -2.54. The summed E-state index contributed by atoms with van der Waals surface area (Å²) in [6.45, 7) is 10.8. The molecule has 0 bridgehead atoms. The molecule has 0 radical (unpaired) electrons. The Morgan fingerprint density at radius 1 is 0.558 bits per heavy atom. The van der Waals surface area contributed by atoms with Crippen LogP contribution < -0.4 is 26.6 Å². The molecule has 404 valence electrons. The number of hydrazine groups is 1. The number of hydrazone groups is 1. The molecule has 0 fully saturated rings. The molecule has 0 saturated carbocycles. The first kappa shape index (κ1) is 57.4. The van der Waals surface area contributed by atoms with Crippen molar-refractivity contribution >= 4 is 36.2 Å². The van der Waals surface area contributed by atoms with Gasteiger partial charge in [-0.1, -0.05) is 158 Å². The predicted molar refractivity (Wildman–Crippen MR) is 291 cm³/mol. The molecule has 2 aliphatic rings. The number of nitrogens with one attached hydrogen (secondary N) is 4. The van der Waals surface area contributed by atoms with Crippen LogP contribution in [0.25, 0.3) is 22.3 Å². The molecule has 0 aliphatic heterocycles. The minimum absolute atomic E-state index is 0.0819. The molecule has 5 N–H and O–H groups in total. The lowest BCUT2D eigenvalue weighted by molar-refractivity contribution is -0.251. The van der Waals surface area contributed by atoms with Crippen LogP contribution in [0.2, 0.25) is 0 Å². The quantitative estimate of drug-likeness (QED) is 0.0316. The van der Waals surface area contributed by atoms with Gasteiger partial charge in [-0.05, 0) is 97.2 Å². The third kappa shape index (κ3) is 16.8. The molecule has 8 rings (SSSR count). The number of alkyl carbamates (subject to hydrolysis) is 2. The number of hydrogen-bond donors (Lipinski definition) is 5. The molecule has 0 aromatic heterocycles. The third-order valence-electron chi connectivity index (χ3n) is 12.0. The second-order valence-corrected chi connectivity index (χ2v) is 20.1. The largest absolute Gasteiger partial charge is 0.598 e. The van der Waals surface area contributed by atoms with Crippen molar-refractivity contribution in [3.05, 3.63) is 191 Å². The fourth-order valence-electron chi connectivity index (χ4n) is 8.71. The van der Waals surface area contributed by atoms with Crippen molar-refractivity contribution in [1.29, 1.82) is 0 Å². The number of carboxylic acid groups (broad SMARTS) is 1. The third-order valence-corrected chi connectivity index (χ3v) is 12.0. The van der Waals surface area contributed by atoms with Crippen LogP contribution in [-0.4, -0.2) is 97.0 Å². The van der Waals surface area contributed by atoms with Crippen LogP contribution in [0.3, 0.4) is 0 Å². The number of amides is 4. The standard InChI is InChI=1S/C30H33N3O5.C16H16N2O2.C14H19NO4/c1-30(2,3)38-28(35)31-26(18-20-12-6-5-7-13-20)27(34)32-33(4)29(36)37-19-25-23-16-10-8-14-21(23)22-15-9-11-17-24(22)25;1-17-18-16(19)20-10-15-13-8-4-2-6-11(13)12-7-3-5-9-14(12)15;1-14(2,3)19-13(18)15-11(12(16)17)9-10-7-5-4-6-8-10/h5-17,25-26H,18-19H2,1-4H3,(H,31,35)(H,32,34);2-9,15,17H,10H2,1H3,(H,18,19);4-8,11H,9H2,1-3H3,(H,15,18)(H,16,17)/p-1/t26-;;11-/m0.0/s1. The van der Waals surface area contributed by atoms with Gasteiger partial charge >= 0.3 is 24.2 Å². The summed E-state index contributed by atoms with van der Waals surface area (Å²) in [5.41, 5.74) is 14.5. The van der Waals surface area contributed by atoms with Crippen LogP contribution in [0.1, 0.15) is 86.8 Å². The zero-order chi connectivity index (χ0) is 55.7. The summed E-state index contributed by atoms with van der Waals surface area (Å²) >= 11 is 0. The average molecular weight is 1050 g/mol. The first-order valence-electron chi connectivity index (χ1n) is 25.1. The number of ether oxygens (including phenoxy) is 4. The van der Waals surface area contributed by atoms with Crippen molar-refractivity contribution in [3.8, 4) is 22.3 Å². The first-order chi connectivity index (χ1) is 36.7.